The molecule has 1 aliphatic carbocycles. The predicted molar refractivity (Wildman–Crippen MR) is 98.1 cm³/mol. The van der Waals surface area contributed by atoms with Crippen molar-refractivity contribution >= 4 is 11.3 Å². The van der Waals surface area contributed by atoms with Gasteiger partial charge in [0, 0.05) is 17.5 Å². The van der Waals surface area contributed by atoms with Crippen LogP contribution in [0, 0.1) is 5.41 Å². The van der Waals surface area contributed by atoms with Crippen LogP contribution < -0.4 is 0 Å². The standard InChI is InChI=1S/C21H21NS/c1-21(2,3)19(20-22-11-12-23-20)17-10-6-9-16-15-8-5-4-7-14(15)13-18(16)17/h4-12,19H,13H2,1-3H3. The third-order valence-corrected chi connectivity index (χ3v) is 5.60. The Labute approximate surface area is 142 Å². The lowest BCUT2D eigenvalue weighted by molar-refractivity contribution is 0.356. The topological polar surface area (TPSA) is 12.9 Å². The third kappa shape index (κ3) is 2.42. The van der Waals surface area contributed by atoms with E-state index in [1.54, 1.807) is 11.3 Å². The van der Waals surface area contributed by atoms with Gasteiger partial charge in [0.15, 0.2) is 0 Å². The lowest BCUT2D eigenvalue weighted by Crippen LogP contribution is -2.20. The van der Waals surface area contributed by atoms with Crippen LogP contribution in [-0.4, -0.2) is 4.98 Å². The molecule has 0 N–H and O–H groups in total. The summed E-state index contributed by atoms with van der Waals surface area (Å²) in [6.45, 7) is 6.96. The van der Waals surface area contributed by atoms with Gasteiger partial charge in [-0.2, -0.15) is 0 Å². The highest BCUT2D eigenvalue weighted by molar-refractivity contribution is 7.09. The summed E-state index contributed by atoms with van der Waals surface area (Å²) in [7, 11) is 0. The molecule has 1 atom stereocenters. The molecule has 1 aromatic heterocycles. The number of hydrogen-bond donors (Lipinski definition) is 0. The van der Waals surface area contributed by atoms with Gasteiger partial charge in [-0.1, -0.05) is 63.2 Å². The second-order valence-corrected chi connectivity index (χ2v) is 8.30. The largest absolute Gasteiger partial charge is 0.249 e. The second-order valence-electron chi connectivity index (χ2n) is 7.38. The Hall–Kier alpha value is -1.93. The van der Waals surface area contributed by atoms with Gasteiger partial charge in [0.25, 0.3) is 0 Å². The van der Waals surface area contributed by atoms with Crippen LogP contribution in [0.25, 0.3) is 11.1 Å². The summed E-state index contributed by atoms with van der Waals surface area (Å²) in [6, 6.07) is 15.6. The summed E-state index contributed by atoms with van der Waals surface area (Å²) < 4.78 is 0. The summed E-state index contributed by atoms with van der Waals surface area (Å²) in [5.74, 6) is 0.340. The van der Waals surface area contributed by atoms with Crippen molar-refractivity contribution in [1.82, 2.24) is 4.98 Å². The highest BCUT2D eigenvalue weighted by atomic mass is 32.1. The molecule has 2 heteroatoms. The van der Waals surface area contributed by atoms with Gasteiger partial charge in [-0.15, -0.1) is 11.3 Å². The van der Waals surface area contributed by atoms with Crippen molar-refractivity contribution in [3.8, 4) is 11.1 Å². The van der Waals surface area contributed by atoms with Gasteiger partial charge >= 0.3 is 0 Å². The zero-order chi connectivity index (χ0) is 16.0. The Morgan fingerprint density at radius 1 is 1.00 bits per heavy atom. The van der Waals surface area contributed by atoms with E-state index in [4.69, 9.17) is 0 Å². The molecular formula is C21H21NS. The van der Waals surface area contributed by atoms with Crippen molar-refractivity contribution in [3.63, 3.8) is 0 Å². The van der Waals surface area contributed by atoms with Crippen LogP contribution in [0.15, 0.2) is 54.0 Å². The van der Waals surface area contributed by atoms with Gasteiger partial charge in [-0.05, 0) is 39.7 Å². The van der Waals surface area contributed by atoms with Gasteiger partial charge in [-0.25, -0.2) is 4.98 Å². The van der Waals surface area contributed by atoms with Crippen LogP contribution >= 0.6 is 11.3 Å². The Morgan fingerprint density at radius 3 is 2.52 bits per heavy atom. The molecule has 1 aliphatic rings. The number of fused-ring (bicyclic) bond motifs is 3. The number of aromatic nitrogens is 1. The third-order valence-electron chi connectivity index (χ3n) is 4.76. The fraction of sp³-hybridized carbons (Fsp3) is 0.286. The van der Waals surface area contributed by atoms with Crippen molar-refractivity contribution in [2.75, 3.05) is 0 Å². The maximum Gasteiger partial charge on any atom is 0.100 e. The highest BCUT2D eigenvalue weighted by Gasteiger charge is 2.33. The smallest absolute Gasteiger partial charge is 0.100 e. The van der Waals surface area contributed by atoms with Crippen molar-refractivity contribution in [1.29, 1.82) is 0 Å². The monoisotopic (exact) mass is 319 g/mol. The minimum atomic E-state index is 0.141. The Kier molecular flexibility index (Phi) is 3.38. The fourth-order valence-electron chi connectivity index (χ4n) is 3.80. The van der Waals surface area contributed by atoms with Crippen LogP contribution in [0.1, 0.15) is 48.4 Å². The summed E-state index contributed by atoms with van der Waals surface area (Å²) in [5, 5.41) is 3.31. The lowest BCUT2D eigenvalue weighted by atomic mass is 9.75. The highest BCUT2D eigenvalue weighted by Crippen LogP contribution is 2.47. The Morgan fingerprint density at radius 2 is 1.78 bits per heavy atom. The van der Waals surface area contributed by atoms with Crippen LogP contribution in [-0.2, 0) is 6.42 Å². The molecule has 0 bridgehead atoms. The van der Waals surface area contributed by atoms with Gasteiger partial charge in [0.05, 0.1) is 0 Å². The SMILES string of the molecule is CC(C)(C)C(c1nccs1)c1cccc2c1Cc1ccccc1-2. The minimum absolute atomic E-state index is 0.141. The molecule has 23 heavy (non-hydrogen) atoms. The van der Waals surface area contributed by atoms with Crippen molar-refractivity contribution < 1.29 is 0 Å². The van der Waals surface area contributed by atoms with Crippen molar-refractivity contribution in [2.45, 2.75) is 33.1 Å². The van der Waals surface area contributed by atoms with E-state index in [9.17, 15) is 0 Å². The van der Waals surface area contributed by atoms with Gasteiger partial charge in [0.2, 0.25) is 0 Å². The zero-order valence-electron chi connectivity index (χ0n) is 13.8. The quantitative estimate of drug-likeness (QED) is 0.449. The Bertz CT molecular complexity index is 841. The summed E-state index contributed by atoms with van der Waals surface area (Å²) in [4.78, 5) is 4.65. The molecule has 116 valence electrons. The molecule has 0 spiro atoms. The Balaban J connectivity index is 1.91. The molecule has 0 saturated carbocycles. The van der Waals surface area contributed by atoms with E-state index >= 15 is 0 Å². The number of benzene rings is 2. The fourth-order valence-corrected chi connectivity index (χ4v) is 4.80. The van der Waals surface area contributed by atoms with Crippen molar-refractivity contribution in [2.24, 2.45) is 5.41 Å². The average Bonchev–Trinajstić information content (AvgIpc) is 3.14. The minimum Gasteiger partial charge on any atom is -0.249 e. The van der Waals surface area contributed by atoms with Gasteiger partial charge in [-0.3, -0.25) is 0 Å². The number of rotatable bonds is 2. The second kappa shape index (κ2) is 5.31. The molecule has 0 saturated heterocycles. The number of nitrogens with zero attached hydrogens (tertiary/aromatic N) is 1. The van der Waals surface area contributed by atoms with E-state index in [0.717, 1.165) is 6.42 Å². The van der Waals surface area contributed by atoms with E-state index in [2.05, 4.69) is 73.6 Å². The molecule has 0 aliphatic heterocycles. The van der Waals surface area contributed by atoms with Gasteiger partial charge < -0.3 is 0 Å². The molecule has 0 fully saturated rings. The molecule has 1 unspecified atom stereocenters. The average molecular weight is 319 g/mol. The number of hydrogen-bond acceptors (Lipinski definition) is 2. The first-order valence-electron chi connectivity index (χ1n) is 8.15. The first kappa shape index (κ1) is 14.6. The molecule has 3 aromatic rings. The van der Waals surface area contributed by atoms with E-state index in [0.29, 0.717) is 5.92 Å². The lowest BCUT2D eigenvalue weighted by Gasteiger charge is -2.31. The molecule has 1 heterocycles. The van der Waals surface area contributed by atoms with E-state index in [1.165, 1.54) is 32.8 Å². The molecular weight excluding hydrogens is 298 g/mol. The summed E-state index contributed by atoms with van der Waals surface area (Å²) in [5.41, 5.74) is 7.33. The van der Waals surface area contributed by atoms with E-state index in [-0.39, 0.29) is 5.41 Å². The van der Waals surface area contributed by atoms with E-state index < -0.39 is 0 Å². The zero-order valence-corrected chi connectivity index (χ0v) is 14.7. The summed E-state index contributed by atoms with van der Waals surface area (Å²) in [6.07, 6.45) is 2.97. The number of thiazole rings is 1. The van der Waals surface area contributed by atoms with Gasteiger partial charge in [0.1, 0.15) is 5.01 Å². The molecule has 2 aromatic carbocycles. The van der Waals surface area contributed by atoms with Crippen LogP contribution in [0.2, 0.25) is 0 Å². The maximum absolute atomic E-state index is 4.65. The molecule has 4 rings (SSSR count). The van der Waals surface area contributed by atoms with Crippen LogP contribution in [0.4, 0.5) is 0 Å². The predicted octanol–water partition coefficient (Wildman–Crippen LogP) is 5.89. The maximum atomic E-state index is 4.65. The van der Waals surface area contributed by atoms with E-state index in [1.807, 2.05) is 6.20 Å². The van der Waals surface area contributed by atoms with Crippen LogP contribution in [0.3, 0.4) is 0 Å². The summed E-state index contributed by atoms with van der Waals surface area (Å²) >= 11 is 1.77. The molecule has 0 radical (unpaired) electrons. The normalized spacial score (nSPS) is 14.4. The first-order valence-corrected chi connectivity index (χ1v) is 9.03. The first-order chi connectivity index (χ1) is 11.1. The van der Waals surface area contributed by atoms with Crippen LogP contribution in [0.5, 0.6) is 0 Å². The molecule has 0 amide bonds. The van der Waals surface area contributed by atoms with Crippen molar-refractivity contribution in [3.05, 3.63) is 75.7 Å². The molecule has 1 nitrogen and oxygen atoms in total.